The number of amides is 1. The molecule has 1 saturated heterocycles. The summed E-state index contributed by atoms with van der Waals surface area (Å²) >= 11 is 6.03. The standard InChI is InChI=1S/C23H23ClN2O2/c1-14-10-15(2)22-19(11-14)20(23(27)25-13-18-4-3-9-28-18)12-21(26-22)16-5-7-17(24)8-6-16/h5-8,10-12,18H,3-4,9,13H2,1-2H3,(H,25,27)/t18-/m0/s1. The van der Waals surface area contributed by atoms with E-state index < -0.39 is 0 Å². The Balaban J connectivity index is 1.77. The Labute approximate surface area is 169 Å². The van der Waals surface area contributed by atoms with Crippen LogP contribution in [0.2, 0.25) is 5.02 Å². The molecule has 1 aliphatic heterocycles. The molecule has 0 aliphatic carbocycles. The van der Waals surface area contributed by atoms with Crippen LogP contribution in [0.3, 0.4) is 0 Å². The first-order valence-electron chi connectivity index (χ1n) is 9.59. The van der Waals surface area contributed by atoms with Crippen molar-refractivity contribution in [1.82, 2.24) is 10.3 Å². The van der Waals surface area contributed by atoms with Crippen molar-refractivity contribution in [3.8, 4) is 11.3 Å². The van der Waals surface area contributed by atoms with Gasteiger partial charge >= 0.3 is 0 Å². The first-order valence-corrected chi connectivity index (χ1v) is 9.97. The minimum atomic E-state index is -0.0943. The highest BCUT2D eigenvalue weighted by atomic mass is 35.5. The summed E-state index contributed by atoms with van der Waals surface area (Å²) in [6.45, 7) is 5.37. The first kappa shape index (κ1) is 18.9. The molecule has 0 unspecified atom stereocenters. The van der Waals surface area contributed by atoms with Gasteiger partial charge in [-0.15, -0.1) is 0 Å². The number of hydrogen-bond acceptors (Lipinski definition) is 3. The smallest absolute Gasteiger partial charge is 0.252 e. The molecular weight excluding hydrogens is 372 g/mol. The molecule has 144 valence electrons. The minimum Gasteiger partial charge on any atom is -0.376 e. The molecule has 1 atom stereocenters. The maximum Gasteiger partial charge on any atom is 0.252 e. The second-order valence-electron chi connectivity index (χ2n) is 7.38. The van der Waals surface area contributed by atoms with Crippen molar-refractivity contribution in [2.45, 2.75) is 32.8 Å². The van der Waals surface area contributed by atoms with Gasteiger partial charge in [-0.05, 0) is 56.5 Å². The molecular formula is C23H23ClN2O2. The van der Waals surface area contributed by atoms with Gasteiger partial charge in [0.05, 0.1) is 22.9 Å². The summed E-state index contributed by atoms with van der Waals surface area (Å²) in [7, 11) is 0. The van der Waals surface area contributed by atoms with E-state index in [0.717, 1.165) is 52.7 Å². The number of hydrogen-bond donors (Lipinski definition) is 1. The third-order valence-corrected chi connectivity index (χ3v) is 5.40. The van der Waals surface area contributed by atoms with Crippen molar-refractivity contribution < 1.29 is 9.53 Å². The van der Waals surface area contributed by atoms with Gasteiger partial charge in [0, 0.05) is 29.1 Å². The average molecular weight is 395 g/mol. The number of nitrogens with one attached hydrogen (secondary N) is 1. The Kier molecular flexibility index (Phi) is 5.33. The van der Waals surface area contributed by atoms with Crippen molar-refractivity contribution in [1.29, 1.82) is 0 Å². The molecule has 2 heterocycles. The lowest BCUT2D eigenvalue weighted by Gasteiger charge is -2.14. The fourth-order valence-corrected chi connectivity index (χ4v) is 3.87. The predicted octanol–water partition coefficient (Wildman–Crippen LogP) is 5.08. The van der Waals surface area contributed by atoms with E-state index in [1.807, 2.05) is 50.2 Å². The monoisotopic (exact) mass is 394 g/mol. The molecule has 1 amide bonds. The van der Waals surface area contributed by atoms with E-state index in [2.05, 4.69) is 11.4 Å². The van der Waals surface area contributed by atoms with Gasteiger partial charge in [0.25, 0.3) is 5.91 Å². The number of rotatable bonds is 4. The maximum absolute atomic E-state index is 13.1. The lowest BCUT2D eigenvalue weighted by atomic mass is 9.99. The van der Waals surface area contributed by atoms with Crippen molar-refractivity contribution >= 4 is 28.4 Å². The van der Waals surface area contributed by atoms with Gasteiger partial charge in [0.15, 0.2) is 0 Å². The predicted molar refractivity (Wildman–Crippen MR) is 113 cm³/mol. The molecule has 0 saturated carbocycles. The summed E-state index contributed by atoms with van der Waals surface area (Å²) < 4.78 is 5.63. The van der Waals surface area contributed by atoms with E-state index in [-0.39, 0.29) is 12.0 Å². The zero-order valence-corrected chi connectivity index (χ0v) is 16.8. The fraction of sp³-hybridized carbons (Fsp3) is 0.304. The summed E-state index contributed by atoms with van der Waals surface area (Å²) in [6, 6.07) is 13.5. The van der Waals surface area contributed by atoms with Crippen molar-refractivity contribution in [2.75, 3.05) is 13.2 Å². The molecule has 2 aromatic carbocycles. The zero-order chi connectivity index (χ0) is 19.7. The lowest BCUT2D eigenvalue weighted by Crippen LogP contribution is -2.32. The lowest BCUT2D eigenvalue weighted by molar-refractivity contribution is 0.0859. The molecule has 1 aliphatic rings. The Morgan fingerprint density at radius 2 is 2.00 bits per heavy atom. The van der Waals surface area contributed by atoms with Crippen molar-refractivity contribution in [2.24, 2.45) is 0 Å². The molecule has 4 nitrogen and oxygen atoms in total. The van der Waals surface area contributed by atoms with Crippen molar-refractivity contribution in [3.05, 3.63) is 64.2 Å². The minimum absolute atomic E-state index is 0.0943. The number of benzene rings is 2. The zero-order valence-electron chi connectivity index (χ0n) is 16.1. The van der Waals surface area contributed by atoms with Crippen LogP contribution in [0.1, 0.15) is 34.3 Å². The number of carbonyl (C=O) groups excluding carboxylic acids is 1. The number of nitrogens with zero attached hydrogens (tertiary/aromatic N) is 1. The highest BCUT2D eigenvalue weighted by molar-refractivity contribution is 6.30. The molecule has 3 aromatic rings. The highest BCUT2D eigenvalue weighted by Gasteiger charge is 2.19. The molecule has 1 fully saturated rings. The normalized spacial score (nSPS) is 16.5. The van der Waals surface area contributed by atoms with Crippen LogP contribution in [0.15, 0.2) is 42.5 Å². The number of aromatic nitrogens is 1. The van der Waals surface area contributed by atoms with Crippen LogP contribution in [0, 0.1) is 13.8 Å². The Morgan fingerprint density at radius 3 is 2.71 bits per heavy atom. The van der Waals surface area contributed by atoms with Gasteiger partial charge in [-0.3, -0.25) is 4.79 Å². The largest absolute Gasteiger partial charge is 0.376 e. The Morgan fingerprint density at radius 1 is 1.21 bits per heavy atom. The van der Waals surface area contributed by atoms with Crippen LogP contribution in [0.25, 0.3) is 22.2 Å². The Bertz CT molecular complexity index is 1020. The third-order valence-electron chi connectivity index (χ3n) is 5.15. The van der Waals surface area contributed by atoms with E-state index >= 15 is 0 Å². The summed E-state index contributed by atoms with van der Waals surface area (Å²) in [5.41, 5.74) is 5.34. The molecule has 1 N–H and O–H groups in total. The van der Waals surface area contributed by atoms with E-state index in [4.69, 9.17) is 21.3 Å². The molecule has 0 radical (unpaired) electrons. The summed E-state index contributed by atoms with van der Waals surface area (Å²) in [5.74, 6) is -0.0943. The first-order chi connectivity index (χ1) is 13.5. The average Bonchev–Trinajstić information content (AvgIpc) is 3.20. The fourth-order valence-electron chi connectivity index (χ4n) is 3.74. The molecule has 1 aromatic heterocycles. The topological polar surface area (TPSA) is 51.2 Å². The number of aryl methyl sites for hydroxylation is 2. The quantitative estimate of drug-likeness (QED) is 0.671. The van der Waals surface area contributed by atoms with Gasteiger partial charge < -0.3 is 10.1 Å². The Hall–Kier alpha value is -2.43. The summed E-state index contributed by atoms with van der Waals surface area (Å²) in [5, 5.41) is 4.59. The second kappa shape index (κ2) is 7.90. The number of carbonyl (C=O) groups is 1. The summed E-state index contributed by atoms with van der Waals surface area (Å²) in [6.07, 6.45) is 2.15. The number of fused-ring (bicyclic) bond motifs is 1. The van der Waals surface area contributed by atoms with Gasteiger partial charge in [-0.1, -0.05) is 35.4 Å². The SMILES string of the molecule is Cc1cc(C)c2nc(-c3ccc(Cl)cc3)cc(C(=O)NC[C@@H]3CCCO3)c2c1. The van der Waals surface area contributed by atoms with Crippen LogP contribution in [-0.4, -0.2) is 30.1 Å². The third kappa shape index (κ3) is 3.89. The second-order valence-corrected chi connectivity index (χ2v) is 7.82. The molecule has 4 rings (SSSR count). The van der Waals surface area contributed by atoms with E-state index in [9.17, 15) is 4.79 Å². The maximum atomic E-state index is 13.1. The van der Waals surface area contributed by atoms with Gasteiger partial charge in [-0.25, -0.2) is 4.98 Å². The van der Waals surface area contributed by atoms with Crippen molar-refractivity contribution in [3.63, 3.8) is 0 Å². The van der Waals surface area contributed by atoms with Crippen LogP contribution < -0.4 is 5.32 Å². The number of ether oxygens (including phenoxy) is 1. The van der Waals surface area contributed by atoms with E-state index in [1.165, 1.54) is 0 Å². The molecule has 0 bridgehead atoms. The van der Waals surface area contributed by atoms with Gasteiger partial charge in [0.2, 0.25) is 0 Å². The van der Waals surface area contributed by atoms with Crippen LogP contribution in [0.4, 0.5) is 0 Å². The molecule has 5 heteroatoms. The molecule has 0 spiro atoms. The van der Waals surface area contributed by atoms with Crippen LogP contribution in [-0.2, 0) is 4.74 Å². The number of halogens is 1. The van der Waals surface area contributed by atoms with E-state index in [0.29, 0.717) is 17.1 Å². The highest BCUT2D eigenvalue weighted by Crippen LogP contribution is 2.28. The molecule has 28 heavy (non-hydrogen) atoms. The van der Waals surface area contributed by atoms with E-state index in [1.54, 1.807) is 0 Å². The van der Waals surface area contributed by atoms with Gasteiger partial charge in [0.1, 0.15) is 0 Å². The number of pyridine rings is 1. The summed E-state index contributed by atoms with van der Waals surface area (Å²) in [4.78, 5) is 17.9. The van der Waals surface area contributed by atoms with Crippen LogP contribution >= 0.6 is 11.6 Å². The van der Waals surface area contributed by atoms with Gasteiger partial charge in [-0.2, -0.15) is 0 Å². The van der Waals surface area contributed by atoms with Crippen LogP contribution in [0.5, 0.6) is 0 Å².